The van der Waals surface area contributed by atoms with Crippen molar-refractivity contribution in [2.45, 2.75) is 83.8 Å². The molecule has 1 amide bonds. The van der Waals surface area contributed by atoms with E-state index in [0.717, 1.165) is 12.5 Å². The van der Waals surface area contributed by atoms with E-state index >= 15 is 0 Å². The number of esters is 3. The number of carbonyl (C=O) groups excluding carboxylic acids is 4. The lowest BCUT2D eigenvalue weighted by molar-refractivity contribution is -0.234. The summed E-state index contributed by atoms with van der Waals surface area (Å²) in [4.78, 5) is 48.1. The first-order chi connectivity index (χ1) is 16.9. The van der Waals surface area contributed by atoms with Crippen molar-refractivity contribution in [3.63, 3.8) is 0 Å². The van der Waals surface area contributed by atoms with Gasteiger partial charge in [-0.25, -0.2) is 4.79 Å². The van der Waals surface area contributed by atoms with Crippen LogP contribution in [0.1, 0.15) is 40.2 Å². The van der Waals surface area contributed by atoms with Crippen molar-refractivity contribution in [1.29, 1.82) is 0 Å². The minimum atomic E-state index is -1.27. The quantitative estimate of drug-likeness (QED) is 0.382. The number of nitrogens with one attached hydrogen (secondary N) is 1. The Morgan fingerprint density at radius 1 is 0.972 bits per heavy atom. The van der Waals surface area contributed by atoms with Crippen LogP contribution in [-0.4, -0.2) is 73.1 Å². The first-order valence-corrected chi connectivity index (χ1v) is 11.4. The Labute approximate surface area is 208 Å². The topological polar surface area (TPSA) is 145 Å². The molecule has 0 aliphatic carbocycles. The van der Waals surface area contributed by atoms with Gasteiger partial charge in [-0.2, -0.15) is 0 Å². The van der Waals surface area contributed by atoms with Crippen LogP contribution < -0.4 is 5.32 Å². The fraction of sp³-hybridized carbons (Fsp3) is 0.583. The van der Waals surface area contributed by atoms with Crippen LogP contribution in [0.3, 0.4) is 0 Å². The molecule has 3 rings (SSSR count). The number of carbonyl (C=O) groups is 4. The zero-order chi connectivity index (χ0) is 26.5. The van der Waals surface area contributed by atoms with Crippen LogP contribution in [-0.2, 0) is 54.1 Å². The molecule has 6 atom stereocenters. The van der Waals surface area contributed by atoms with Crippen molar-refractivity contribution in [1.82, 2.24) is 5.32 Å². The highest BCUT2D eigenvalue weighted by Gasteiger charge is 2.60. The number of rotatable bonds is 9. The first kappa shape index (κ1) is 27.4. The van der Waals surface area contributed by atoms with Crippen molar-refractivity contribution in [2.24, 2.45) is 0 Å². The molecule has 2 fully saturated rings. The highest BCUT2D eigenvalue weighted by atomic mass is 16.8. The van der Waals surface area contributed by atoms with Gasteiger partial charge in [-0.05, 0) is 19.4 Å². The molecule has 0 unspecified atom stereocenters. The van der Waals surface area contributed by atoms with Crippen LogP contribution in [0.4, 0.5) is 4.79 Å². The highest BCUT2D eigenvalue weighted by molar-refractivity contribution is 5.69. The number of ether oxygens (including phenoxy) is 7. The van der Waals surface area contributed by atoms with Crippen molar-refractivity contribution in [3.8, 4) is 0 Å². The number of fused-ring (bicyclic) bond motifs is 1. The molecule has 0 spiro atoms. The van der Waals surface area contributed by atoms with E-state index in [2.05, 4.69) is 5.32 Å². The van der Waals surface area contributed by atoms with Crippen molar-refractivity contribution in [2.75, 3.05) is 6.61 Å². The number of benzene rings is 1. The van der Waals surface area contributed by atoms with E-state index in [-0.39, 0.29) is 13.2 Å². The van der Waals surface area contributed by atoms with Gasteiger partial charge in [-0.1, -0.05) is 30.3 Å². The second-order valence-electron chi connectivity index (χ2n) is 8.83. The predicted octanol–water partition coefficient (Wildman–Crippen LogP) is 1.58. The predicted molar refractivity (Wildman–Crippen MR) is 120 cm³/mol. The molecule has 0 saturated carbocycles. The summed E-state index contributed by atoms with van der Waals surface area (Å²) >= 11 is 0. The van der Waals surface area contributed by atoms with Crippen LogP contribution in [0.25, 0.3) is 0 Å². The lowest BCUT2D eigenvalue weighted by Gasteiger charge is -2.34. The Kier molecular flexibility index (Phi) is 8.88. The Hall–Kier alpha value is -3.22. The second kappa shape index (κ2) is 11.7. The summed E-state index contributed by atoms with van der Waals surface area (Å²) in [5.41, 5.74) is 0.750. The zero-order valence-corrected chi connectivity index (χ0v) is 20.8. The minimum Gasteiger partial charge on any atom is -0.464 e. The maximum absolute atomic E-state index is 12.6. The van der Waals surface area contributed by atoms with Crippen molar-refractivity contribution in [3.05, 3.63) is 35.9 Å². The maximum atomic E-state index is 12.6. The molecule has 0 radical (unpaired) electrons. The van der Waals surface area contributed by atoms with E-state index in [1.54, 1.807) is 38.1 Å². The Morgan fingerprint density at radius 3 is 2.28 bits per heavy atom. The molecule has 0 aromatic heterocycles. The van der Waals surface area contributed by atoms with E-state index in [4.69, 9.17) is 33.2 Å². The Balaban J connectivity index is 1.83. The molecule has 36 heavy (non-hydrogen) atoms. The van der Waals surface area contributed by atoms with Gasteiger partial charge in [0.1, 0.15) is 25.4 Å². The van der Waals surface area contributed by atoms with Crippen LogP contribution in [0, 0.1) is 0 Å². The third-order valence-corrected chi connectivity index (χ3v) is 5.33. The molecule has 1 aromatic rings. The lowest BCUT2D eigenvalue weighted by atomic mass is 9.99. The molecule has 2 aliphatic heterocycles. The van der Waals surface area contributed by atoms with Crippen LogP contribution in [0.2, 0.25) is 0 Å². The third-order valence-electron chi connectivity index (χ3n) is 5.33. The average molecular weight is 510 g/mol. The van der Waals surface area contributed by atoms with Gasteiger partial charge in [0.2, 0.25) is 0 Å². The van der Waals surface area contributed by atoms with Gasteiger partial charge in [-0.15, -0.1) is 0 Å². The fourth-order valence-corrected chi connectivity index (χ4v) is 4.01. The number of alkyl carbamates (subject to hydrolysis) is 1. The summed E-state index contributed by atoms with van der Waals surface area (Å²) in [5, 5.41) is 2.56. The second-order valence-corrected chi connectivity index (χ2v) is 8.83. The SMILES string of the molecule is CC(=O)OC[C@@H](NC(=O)OCc1ccccc1)[C@@H](OC(C)=O)[C@H]1O[C@@H]2OC(C)(C)O[C@@H]2[C@H]1OC(C)=O. The van der Waals surface area contributed by atoms with E-state index in [1.807, 2.05) is 6.07 Å². The molecule has 198 valence electrons. The van der Waals surface area contributed by atoms with Crippen molar-refractivity contribution < 1.29 is 52.3 Å². The van der Waals surface area contributed by atoms with Gasteiger partial charge in [0.15, 0.2) is 30.4 Å². The van der Waals surface area contributed by atoms with Crippen LogP contribution in [0.5, 0.6) is 0 Å². The molecule has 12 nitrogen and oxygen atoms in total. The third kappa shape index (κ3) is 7.39. The first-order valence-electron chi connectivity index (χ1n) is 11.4. The van der Waals surface area contributed by atoms with E-state index in [1.165, 1.54) is 13.8 Å². The normalized spacial score (nSPS) is 25.7. The smallest absolute Gasteiger partial charge is 0.407 e. The van der Waals surface area contributed by atoms with Gasteiger partial charge in [0.25, 0.3) is 0 Å². The summed E-state index contributed by atoms with van der Waals surface area (Å²) in [7, 11) is 0. The van der Waals surface area contributed by atoms with Crippen LogP contribution >= 0.6 is 0 Å². The minimum absolute atomic E-state index is 0.0257. The largest absolute Gasteiger partial charge is 0.464 e. The Morgan fingerprint density at radius 2 is 1.67 bits per heavy atom. The van der Waals surface area contributed by atoms with E-state index in [0.29, 0.717) is 0 Å². The molecule has 1 N–H and O–H groups in total. The summed E-state index contributed by atoms with van der Waals surface area (Å²) in [6, 6.07) is 7.85. The molecule has 1 aromatic carbocycles. The number of hydrogen-bond donors (Lipinski definition) is 1. The van der Waals surface area contributed by atoms with Gasteiger partial charge >= 0.3 is 24.0 Å². The van der Waals surface area contributed by atoms with Gasteiger partial charge in [0, 0.05) is 20.8 Å². The molecule has 2 heterocycles. The summed E-state index contributed by atoms with van der Waals surface area (Å²) in [5.74, 6) is -2.98. The molecule has 2 saturated heterocycles. The summed E-state index contributed by atoms with van der Waals surface area (Å²) < 4.78 is 38.9. The van der Waals surface area contributed by atoms with Crippen molar-refractivity contribution >= 4 is 24.0 Å². The standard InChI is InChI=1S/C24H31NO11/c1-13(26)30-12-17(25-23(29)31-11-16-9-7-6-8-10-16)18(32-14(2)27)19-20(33-15(3)28)21-22(34-19)36-24(4,5)35-21/h6-10,17-22H,11-12H2,1-5H3,(H,25,29)/t17-,18-,19-,20+,21-,22-/m1/s1. The van der Waals surface area contributed by atoms with Crippen LogP contribution in [0.15, 0.2) is 30.3 Å². The Bertz CT molecular complexity index is 951. The zero-order valence-electron chi connectivity index (χ0n) is 20.8. The van der Waals surface area contributed by atoms with Gasteiger partial charge in [-0.3, -0.25) is 14.4 Å². The van der Waals surface area contributed by atoms with Gasteiger partial charge < -0.3 is 38.5 Å². The molecule has 12 heteroatoms. The molecular weight excluding hydrogens is 478 g/mol. The summed E-state index contributed by atoms with van der Waals surface area (Å²) in [6.45, 7) is 6.49. The monoisotopic (exact) mass is 509 g/mol. The van der Waals surface area contributed by atoms with E-state index < -0.39 is 66.5 Å². The van der Waals surface area contributed by atoms with Gasteiger partial charge in [0.05, 0.1) is 0 Å². The maximum Gasteiger partial charge on any atom is 0.407 e. The lowest BCUT2D eigenvalue weighted by Crippen LogP contribution is -2.57. The average Bonchev–Trinajstić information content (AvgIpc) is 3.26. The number of amides is 1. The number of hydrogen-bond acceptors (Lipinski definition) is 11. The summed E-state index contributed by atoms with van der Waals surface area (Å²) in [6.07, 6.45) is -6.07. The molecule has 2 aliphatic rings. The molecular formula is C24H31NO11. The van der Waals surface area contributed by atoms with E-state index in [9.17, 15) is 19.2 Å². The fourth-order valence-electron chi connectivity index (χ4n) is 4.01. The molecule has 0 bridgehead atoms. The highest BCUT2D eigenvalue weighted by Crippen LogP contribution is 2.40.